The zero-order valence-electron chi connectivity index (χ0n) is 15.6. The highest BCUT2D eigenvalue weighted by Gasteiger charge is 2.22. The topological polar surface area (TPSA) is 91.5 Å². The summed E-state index contributed by atoms with van der Waals surface area (Å²) in [4.78, 5) is 24.7. The van der Waals surface area contributed by atoms with Crippen molar-refractivity contribution in [2.45, 2.75) is 26.0 Å². The van der Waals surface area contributed by atoms with Crippen molar-refractivity contribution in [1.29, 1.82) is 0 Å². The van der Waals surface area contributed by atoms with Gasteiger partial charge >= 0.3 is 6.09 Å². The van der Waals surface area contributed by atoms with Crippen molar-refractivity contribution in [2.24, 2.45) is 0 Å². The fourth-order valence-corrected chi connectivity index (χ4v) is 2.57. The molecule has 0 aliphatic rings. The number of carbonyl (C=O) groups excluding carboxylic acids is 2. The lowest BCUT2D eigenvalue weighted by atomic mass is 10.1. The number of benzene rings is 2. The normalized spacial score (nSPS) is 11.0. The van der Waals surface area contributed by atoms with Crippen molar-refractivity contribution in [2.75, 3.05) is 6.54 Å². The van der Waals surface area contributed by atoms with Crippen LogP contribution in [0.15, 0.2) is 60.7 Å². The van der Waals surface area contributed by atoms with E-state index in [1.807, 2.05) is 67.6 Å². The molecule has 1 atom stereocenters. The van der Waals surface area contributed by atoms with Crippen LogP contribution in [0.25, 0.3) is 0 Å². The number of hydrogen-bond donors (Lipinski definition) is 4. The van der Waals surface area contributed by atoms with Crippen molar-refractivity contribution in [3.63, 3.8) is 0 Å². The minimum Gasteiger partial charge on any atom is -0.445 e. The first-order chi connectivity index (χ1) is 13.6. The van der Waals surface area contributed by atoms with Gasteiger partial charge in [0.2, 0.25) is 0 Å². The van der Waals surface area contributed by atoms with Gasteiger partial charge in [0.15, 0.2) is 5.11 Å². The Morgan fingerprint density at radius 1 is 0.964 bits per heavy atom. The van der Waals surface area contributed by atoms with Gasteiger partial charge in [0.25, 0.3) is 5.91 Å². The van der Waals surface area contributed by atoms with Gasteiger partial charge in [-0.25, -0.2) is 4.79 Å². The predicted molar refractivity (Wildman–Crippen MR) is 111 cm³/mol. The van der Waals surface area contributed by atoms with Crippen LogP contribution in [0.3, 0.4) is 0 Å². The molecule has 0 bridgehead atoms. The molecule has 0 saturated heterocycles. The number of hydrogen-bond acceptors (Lipinski definition) is 4. The predicted octanol–water partition coefficient (Wildman–Crippen LogP) is 2.04. The third-order valence-corrected chi connectivity index (χ3v) is 3.99. The molecule has 0 aromatic heterocycles. The smallest absolute Gasteiger partial charge is 0.408 e. The van der Waals surface area contributed by atoms with Gasteiger partial charge in [0.05, 0.1) is 0 Å². The average Bonchev–Trinajstić information content (AvgIpc) is 2.72. The van der Waals surface area contributed by atoms with E-state index >= 15 is 0 Å². The minimum atomic E-state index is -0.831. The molecule has 0 heterocycles. The first-order valence-electron chi connectivity index (χ1n) is 8.93. The van der Waals surface area contributed by atoms with Crippen LogP contribution in [-0.2, 0) is 22.6 Å². The van der Waals surface area contributed by atoms with E-state index in [2.05, 4.69) is 21.5 Å². The summed E-state index contributed by atoms with van der Waals surface area (Å²) >= 11 is 5.02. The summed E-state index contributed by atoms with van der Waals surface area (Å²) in [5.74, 6) is -0.430. The lowest BCUT2D eigenvalue weighted by molar-refractivity contribution is -0.123. The maximum Gasteiger partial charge on any atom is 0.408 e. The molecule has 4 N–H and O–H groups in total. The summed E-state index contributed by atoms with van der Waals surface area (Å²) in [6, 6.07) is 17.9. The highest BCUT2D eigenvalue weighted by Crippen LogP contribution is 2.05. The molecule has 0 spiro atoms. The van der Waals surface area contributed by atoms with Gasteiger partial charge in [0, 0.05) is 13.0 Å². The second kappa shape index (κ2) is 11.6. The number of hydrazine groups is 1. The maximum atomic E-state index is 12.5. The molecular formula is C20H24N4O3S. The van der Waals surface area contributed by atoms with Gasteiger partial charge in [-0.3, -0.25) is 15.6 Å². The molecule has 0 aliphatic carbocycles. The molecule has 148 valence electrons. The first-order valence-corrected chi connectivity index (χ1v) is 9.34. The van der Waals surface area contributed by atoms with Gasteiger partial charge in [-0.1, -0.05) is 60.7 Å². The van der Waals surface area contributed by atoms with Gasteiger partial charge in [-0.2, -0.15) is 0 Å². The standard InChI is InChI=1S/C20H24N4O3S/c1-2-21-19(28)24-23-18(25)17(13-15-9-5-3-6-10-15)22-20(26)27-14-16-11-7-4-8-12-16/h3-12,17H,2,13-14H2,1H3,(H,22,26)(H,23,25)(H2,21,24,28)/t17-/m0/s1. The first kappa shape index (κ1) is 21.2. The lowest BCUT2D eigenvalue weighted by Gasteiger charge is -2.19. The quantitative estimate of drug-likeness (QED) is 0.420. The lowest BCUT2D eigenvalue weighted by Crippen LogP contribution is -2.54. The molecule has 0 saturated carbocycles. The average molecular weight is 401 g/mol. The van der Waals surface area contributed by atoms with Crippen molar-refractivity contribution >= 4 is 29.3 Å². The van der Waals surface area contributed by atoms with Gasteiger partial charge in [-0.15, -0.1) is 0 Å². The molecule has 2 amide bonds. The number of nitrogens with one attached hydrogen (secondary N) is 4. The Bertz CT molecular complexity index is 772. The van der Waals surface area contributed by atoms with Gasteiger partial charge in [-0.05, 0) is 30.3 Å². The summed E-state index contributed by atoms with van der Waals surface area (Å²) in [7, 11) is 0. The number of ether oxygens (including phenoxy) is 1. The van der Waals surface area contributed by atoms with Crippen LogP contribution in [0.4, 0.5) is 4.79 Å². The Balaban J connectivity index is 1.95. The molecule has 2 aromatic rings. The van der Waals surface area contributed by atoms with E-state index in [1.165, 1.54) is 0 Å². The monoisotopic (exact) mass is 400 g/mol. The highest BCUT2D eigenvalue weighted by molar-refractivity contribution is 7.80. The van der Waals surface area contributed by atoms with Crippen LogP contribution in [0.5, 0.6) is 0 Å². The number of amides is 2. The minimum absolute atomic E-state index is 0.120. The Kier molecular flexibility index (Phi) is 8.74. The second-order valence-electron chi connectivity index (χ2n) is 5.92. The number of alkyl carbamates (subject to hydrolysis) is 1. The molecule has 7 nitrogen and oxygen atoms in total. The van der Waals surface area contributed by atoms with E-state index in [1.54, 1.807) is 0 Å². The van der Waals surface area contributed by atoms with Crippen LogP contribution < -0.4 is 21.5 Å². The third kappa shape index (κ3) is 7.63. The fourth-order valence-electron chi connectivity index (χ4n) is 2.38. The summed E-state index contributed by atoms with van der Waals surface area (Å²) < 4.78 is 5.22. The van der Waals surface area contributed by atoms with E-state index < -0.39 is 18.0 Å². The molecule has 0 fully saturated rings. The van der Waals surface area contributed by atoms with Crippen molar-refractivity contribution in [3.05, 3.63) is 71.8 Å². The Labute approximate surface area is 169 Å². The third-order valence-electron chi connectivity index (χ3n) is 3.74. The van der Waals surface area contributed by atoms with Crippen LogP contribution >= 0.6 is 12.2 Å². The number of carbonyl (C=O) groups is 2. The van der Waals surface area contributed by atoms with E-state index in [0.29, 0.717) is 18.1 Å². The summed E-state index contributed by atoms with van der Waals surface area (Å²) in [6.07, 6.45) is -0.364. The zero-order valence-corrected chi connectivity index (χ0v) is 16.4. The van der Waals surface area contributed by atoms with E-state index in [0.717, 1.165) is 11.1 Å². The van der Waals surface area contributed by atoms with Crippen LogP contribution in [0, 0.1) is 0 Å². The van der Waals surface area contributed by atoms with E-state index in [9.17, 15) is 9.59 Å². The molecule has 2 rings (SSSR count). The fraction of sp³-hybridized carbons (Fsp3) is 0.250. The molecule has 0 unspecified atom stereocenters. The molecule has 28 heavy (non-hydrogen) atoms. The van der Waals surface area contributed by atoms with Crippen LogP contribution in [0.1, 0.15) is 18.1 Å². The Morgan fingerprint density at radius 2 is 1.57 bits per heavy atom. The molecule has 2 aromatic carbocycles. The van der Waals surface area contributed by atoms with Crippen molar-refractivity contribution in [1.82, 2.24) is 21.5 Å². The van der Waals surface area contributed by atoms with E-state index in [-0.39, 0.29) is 6.61 Å². The molecular weight excluding hydrogens is 376 g/mol. The summed E-state index contributed by atoms with van der Waals surface area (Å²) in [6.45, 7) is 2.63. The van der Waals surface area contributed by atoms with Crippen molar-refractivity contribution in [3.8, 4) is 0 Å². The number of thiocarbonyl (C=S) groups is 1. The van der Waals surface area contributed by atoms with Crippen molar-refractivity contribution < 1.29 is 14.3 Å². The zero-order chi connectivity index (χ0) is 20.2. The van der Waals surface area contributed by atoms with Gasteiger partial charge in [0.1, 0.15) is 12.6 Å². The summed E-state index contributed by atoms with van der Waals surface area (Å²) in [5.41, 5.74) is 6.88. The summed E-state index contributed by atoms with van der Waals surface area (Å²) in [5, 5.41) is 5.77. The largest absolute Gasteiger partial charge is 0.445 e. The molecule has 8 heteroatoms. The Hall–Kier alpha value is -3.13. The molecule has 0 radical (unpaired) electrons. The number of rotatable bonds is 7. The van der Waals surface area contributed by atoms with Crippen LogP contribution in [0.2, 0.25) is 0 Å². The van der Waals surface area contributed by atoms with Crippen LogP contribution in [-0.4, -0.2) is 29.7 Å². The van der Waals surface area contributed by atoms with Gasteiger partial charge < -0.3 is 15.4 Å². The maximum absolute atomic E-state index is 12.5. The second-order valence-corrected chi connectivity index (χ2v) is 6.33. The highest BCUT2D eigenvalue weighted by atomic mass is 32.1. The van der Waals surface area contributed by atoms with E-state index in [4.69, 9.17) is 17.0 Å². The molecule has 0 aliphatic heterocycles. The Morgan fingerprint density at radius 3 is 2.18 bits per heavy atom. The SMILES string of the molecule is CCNC(=S)NNC(=O)[C@H](Cc1ccccc1)NC(=O)OCc1ccccc1.